The minimum absolute atomic E-state index is 0.884. The number of aromatic nitrogens is 2. The van der Waals surface area contributed by atoms with Crippen molar-refractivity contribution in [1.29, 1.82) is 0 Å². The third kappa shape index (κ3) is 3.09. The maximum Gasteiger partial charge on any atom is 0.119 e. The summed E-state index contributed by atoms with van der Waals surface area (Å²) in [5.41, 5.74) is 2.27. The Balaban J connectivity index is 2.12. The smallest absolute Gasteiger partial charge is 0.119 e. The Morgan fingerprint density at radius 3 is 2.78 bits per heavy atom. The number of methoxy groups -OCH3 is 1. The van der Waals surface area contributed by atoms with Gasteiger partial charge in [0.25, 0.3) is 0 Å². The molecule has 3 nitrogen and oxygen atoms in total. The second-order valence-electron chi connectivity index (χ2n) is 3.99. The molecule has 0 atom stereocenters. The molecule has 0 radical (unpaired) electrons. The number of thioether (sulfide) groups is 1. The van der Waals surface area contributed by atoms with Crippen LogP contribution in [0.15, 0.2) is 33.8 Å². The van der Waals surface area contributed by atoms with Gasteiger partial charge in [0.15, 0.2) is 0 Å². The summed E-state index contributed by atoms with van der Waals surface area (Å²) in [5, 5.41) is 5.51. The van der Waals surface area contributed by atoms with E-state index in [1.54, 1.807) is 18.9 Å². The zero-order valence-electron chi connectivity index (χ0n) is 10.6. The van der Waals surface area contributed by atoms with Gasteiger partial charge in [-0.05, 0) is 36.8 Å². The van der Waals surface area contributed by atoms with Crippen LogP contribution in [0, 0.1) is 6.92 Å². The maximum atomic E-state index is 5.24. The van der Waals surface area contributed by atoms with Crippen LogP contribution >= 0.6 is 27.7 Å². The molecule has 2 rings (SSSR count). The van der Waals surface area contributed by atoms with Crippen molar-refractivity contribution in [2.75, 3.05) is 7.11 Å². The first-order chi connectivity index (χ1) is 8.60. The highest BCUT2D eigenvalue weighted by Crippen LogP contribution is 2.29. The van der Waals surface area contributed by atoms with Gasteiger partial charge >= 0.3 is 0 Å². The molecule has 96 valence electrons. The third-order valence-corrected chi connectivity index (χ3v) is 4.49. The fourth-order valence-corrected chi connectivity index (χ4v) is 3.26. The molecule has 0 aliphatic heterocycles. The van der Waals surface area contributed by atoms with E-state index >= 15 is 0 Å². The molecule has 5 heteroatoms. The van der Waals surface area contributed by atoms with Crippen molar-refractivity contribution < 1.29 is 4.74 Å². The molecule has 0 saturated carbocycles. The average molecular weight is 327 g/mol. The van der Waals surface area contributed by atoms with Crippen LogP contribution in [0.2, 0.25) is 0 Å². The molecule has 1 aromatic heterocycles. The highest BCUT2D eigenvalue weighted by molar-refractivity contribution is 9.10. The van der Waals surface area contributed by atoms with E-state index in [9.17, 15) is 0 Å². The summed E-state index contributed by atoms with van der Waals surface area (Å²) in [6, 6.07) is 8.12. The van der Waals surface area contributed by atoms with Crippen LogP contribution in [0.3, 0.4) is 0 Å². The molecule has 0 unspecified atom stereocenters. The van der Waals surface area contributed by atoms with Crippen LogP contribution in [0.5, 0.6) is 5.75 Å². The first-order valence-electron chi connectivity index (χ1n) is 5.56. The van der Waals surface area contributed by atoms with Crippen molar-refractivity contribution in [1.82, 2.24) is 9.78 Å². The van der Waals surface area contributed by atoms with Gasteiger partial charge in [-0.15, -0.1) is 11.8 Å². The lowest BCUT2D eigenvalue weighted by atomic mass is 10.2. The standard InChI is InChI=1S/C13H15BrN2OS/c1-9-6-13(16(2)15-9)18-8-10-7-11(17-3)4-5-12(10)14/h4-7H,8H2,1-3H3. The highest BCUT2D eigenvalue weighted by atomic mass is 79.9. The fraction of sp³-hybridized carbons (Fsp3) is 0.308. The van der Waals surface area contributed by atoms with Crippen molar-refractivity contribution in [2.24, 2.45) is 7.05 Å². The molecular formula is C13H15BrN2OS. The lowest BCUT2D eigenvalue weighted by molar-refractivity contribution is 0.414. The normalized spacial score (nSPS) is 10.7. The number of hydrogen-bond acceptors (Lipinski definition) is 3. The summed E-state index contributed by atoms with van der Waals surface area (Å²) in [6.45, 7) is 2.01. The maximum absolute atomic E-state index is 5.24. The van der Waals surface area contributed by atoms with E-state index in [1.165, 1.54) is 10.6 Å². The molecule has 0 amide bonds. The van der Waals surface area contributed by atoms with Crippen molar-refractivity contribution in [2.45, 2.75) is 17.7 Å². The Labute approximate surface area is 120 Å². The monoisotopic (exact) mass is 326 g/mol. The van der Waals surface area contributed by atoms with Gasteiger partial charge < -0.3 is 4.74 Å². The zero-order chi connectivity index (χ0) is 13.1. The number of halogens is 1. The molecule has 0 saturated heterocycles. The van der Waals surface area contributed by atoms with Crippen molar-refractivity contribution in [3.8, 4) is 5.75 Å². The predicted molar refractivity (Wildman–Crippen MR) is 78.2 cm³/mol. The molecule has 0 bridgehead atoms. The second kappa shape index (κ2) is 5.80. The molecule has 0 aliphatic carbocycles. The summed E-state index contributed by atoms with van der Waals surface area (Å²) in [5.74, 6) is 1.77. The Hall–Kier alpha value is -0.940. The summed E-state index contributed by atoms with van der Waals surface area (Å²) >= 11 is 5.33. The van der Waals surface area contributed by atoms with Crippen LogP contribution in [0.4, 0.5) is 0 Å². The topological polar surface area (TPSA) is 27.1 Å². The van der Waals surface area contributed by atoms with Crippen LogP contribution in [0.25, 0.3) is 0 Å². The highest BCUT2D eigenvalue weighted by Gasteiger charge is 2.06. The Kier molecular flexibility index (Phi) is 4.35. The van der Waals surface area contributed by atoms with Gasteiger partial charge in [0.1, 0.15) is 5.75 Å². The average Bonchev–Trinajstić information content (AvgIpc) is 2.67. The number of ether oxygens (including phenoxy) is 1. The lowest BCUT2D eigenvalue weighted by Crippen LogP contribution is -1.93. The lowest BCUT2D eigenvalue weighted by Gasteiger charge is -2.07. The van der Waals surface area contributed by atoms with Crippen molar-refractivity contribution in [3.63, 3.8) is 0 Å². The van der Waals surface area contributed by atoms with E-state index in [2.05, 4.69) is 33.2 Å². The van der Waals surface area contributed by atoms with Gasteiger partial charge in [0.05, 0.1) is 17.8 Å². The van der Waals surface area contributed by atoms with E-state index in [4.69, 9.17) is 4.74 Å². The first kappa shape index (κ1) is 13.5. The molecule has 18 heavy (non-hydrogen) atoms. The second-order valence-corrected chi connectivity index (χ2v) is 5.84. The van der Waals surface area contributed by atoms with Gasteiger partial charge in [-0.25, -0.2) is 0 Å². The molecule has 1 heterocycles. The first-order valence-corrected chi connectivity index (χ1v) is 7.34. The summed E-state index contributed by atoms with van der Waals surface area (Å²) < 4.78 is 8.26. The van der Waals surface area contributed by atoms with Crippen molar-refractivity contribution in [3.05, 3.63) is 40.0 Å². The Bertz CT molecular complexity index is 554. The van der Waals surface area contributed by atoms with Gasteiger partial charge in [-0.2, -0.15) is 5.10 Å². The number of nitrogens with zero attached hydrogens (tertiary/aromatic N) is 2. The minimum Gasteiger partial charge on any atom is -0.497 e. The Morgan fingerprint density at radius 2 is 2.17 bits per heavy atom. The molecule has 0 spiro atoms. The number of rotatable bonds is 4. The summed E-state index contributed by atoms with van der Waals surface area (Å²) in [7, 11) is 3.65. The SMILES string of the molecule is COc1ccc(Br)c(CSc2cc(C)nn2C)c1. The van der Waals surface area contributed by atoms with Gasteiger partial charge in [0.2, 0.25) is 0 Å². The molecular weight excluding hydrogens is 312 g/mol. The largest absolute Gasteiger partial charge is 0.497 e. The molecule has 2 aromatic rings. The van der Waals surface area contributed by atoms with E-state index in [1.807, 2.05) is 30.8 Å². The minimum atomic E-state index is 0.884. The predicted octanol–water partition coefficient (Wildman–Crippen LogP) is 3.79. The molecule has 0 aliphatic rings. The summed E-state index contributed by atoms with van der Waals surface area (Å²) in [4.78, 5) is 0. The number of hydrogen-bond donors (Lipinski definition) is 0. The zero-order valence-corrected chi connectivity index (χ0v) is 13.0. The van der Waals surface area contributed by atoms with Gasteiger partial charge in [-0.3, -0.25) is 4.68 Å². The van der Waals surface area contributed by atoms with E-state index in [0.717, 1.165) is 21.7 Å². The van der Waals surface area contributed by atoms with Gasteiger partial charge in [0, 0.05) is 17.3 Å². The third-order valence-electron chi connectivity index (χ3n) is 2.59. The summed E-state index contributed by atoms with van der Waals surface area (Å²) in [6.07, 6.45) is 0. The van der Waals surface area contributed by atoms with Crippen LogP contribution in [-0.2, 0) is 12.8 Å². The van der Waals surface area contributed by atoms with Crippen LogP contribution in [-0.4, -0.2) is 16.9 Å². The van der Waals surface area contributed by atoms with E-state index in [0.29, 0.717) is 0 Å². The van der Waals surface area contributed by atoms with Crippen LogP contribution < -0.4 is 4.74 Å². The van der Waals surface area contributed by atoms with E-state index in [-0.39, 0.29) is 0 Å². The number of aryl methyl sites for hydroxylation is 2. The van der Waals surface area contributed by atoms with Gasteiger partial charge in [-0.1, -0.05) is 15.9 Å². The Morgan fingerprint density at radius 1 is 1.39 bits per heavy atom. The number of benzene rings is 1. The van der Waals surface area contributed by atoms with Crippen molar-refractivity contribution >= 4 is 27.7 Å². The van der Waals surface area contributed by atoms with E-state index < -0.39 is 0 Å². The molecule has 0 N–H and O–H groups in total. The fourth-order valence-electron chi connectivity index (χ4n) is 1.66. The molecule has 0 fully saturated rings. The molecule has 1 aromatic carbocycles. The quantitative estimate of drug-likeness (QED) is 0.800. The van der Waals surface area contributed by atoms with Crippen LogP contribution in [0.1, 0.15) is 11.3 Å².